The van der Waals surface area contributed by atoms with Crippen molar-refractivity contribution >= 4 is 5.78 Å². The highest BCUT2D eigenvalue weighted by Crippen LogP contribution is 2.09. The Morgan fingerprint density at radius 2 is 1.71 bits per heavy atom. The third-order valence-corrected chi connectivity index (χ3v) is 2.36. The number of Topliss-reactive ketones (excluding diaryl/α,β-unsaturated/α-hetero) is 1. The van der Waals surface area contributed by atoms with Crippen LogP contribution in [0.15, 0.2) is 24.3 Å². The van der Waals surface area contributed by atoms with E-state index >= 15 is 0 Å². The lowest BCUT2D eigenvalue weighted by molar-refractivity contribution is 0.0940. The van der Waals surface area contributed by atoms with Crippen molar-refractivity contribution in [2.45, 2.75) is 26.8 Å². The van der Waals surface area contributed by atoms with Gasteiger partial charge in [0.05, 0.1) is 6.04 Å². The summed E-state index contributed by atoms with van der Waals surface area (Å²) in [7, 11) is 0. The van der Waals surface area contributed by atoms with Crippen molar-refractivity contribution in [2.75, 3.05) is 0 Å². The van der Waals surface area contributed by atoms with Crippen molar-refractivity contribution in [2.24, 2.45) is 11.7 Å². The molecule has 0 aliphatic rings. The molecule has 0 heterocycles. The van der Waals surface area contributed by atoms with Gasteiger partial charge in [-0.15, -0.1) is 0 Å². The minimum Gasteiger partial charge on any atom is -0.321 e. The Labute approximate surface area is 85.1 Å². The molecule has 0 unspecified atom stereocenters. The Bertz CT molecular complexity index is 314. The molecular weight excluding hydrogens is 174 g/mol. The molecule has 0 amide bonds. The maximum absolute atomic E-state index is 11.8. The molecule has 2 N–H and O–H groups in total. The van der Waals surface area contributed by atoms with Crippen LogP contribution in [0.5, 0.6) is 0 Å². The highest BCUT2D eigenvalue weighted by molar-refractivity contribution is 6.00. The van der Waals surface area contributed by atoms with E-state index in [2.05, 4.69) is 0 Å². The summed E-state index contributed by atoms with van der Waals surface area (Å²) in [5.41, 5.74) is 7.64. The van der Waals surface area contributed by atoms with Crippen LogP contribution >= 0.6 is 0 Å². The van der Waals surface area contributed by atoms with Crippen LogP contribution in [0.3, 0.4) is 0 Å². The lowest BCUT2D eigenvalue weighted by atomic mass is 9.95. The molecule has 2 heteroatoms. The first-order valence-corrected chi connectivity index (χ1v) is 4.89. The highest BCUT2D eigenvalue weighted by atomic mass is 16.1. The van der Waals surface area contributed by atoms with E-state index in [0.717, 1.165) is 5.56 Å². The van der Waals surface area contributed by atoms with Crippen molar-refractivity contribution in [1.82, 2.24) is 0 Å². The summed E-state index contributed by atoms with van der Waals surface area (Å²) >= 11 is 0. The van der Waals surface area contributed by atoms with Gasteiger partial charge in [-0.05, 0) is 12.8 Å². The zero-order valence-electron chi connectivity index (χ0n) is 8.95. The van der Waals surface area contributed by atoms with Gasteiger partial charge in [0.1, 0.15) is 0 Å². The summed E-state index contributed by atoms with van der Waals surface area (Å²) in [6.45, 7) is 5.91. The number of aryl methyl sites for hydroxylation is 1. The lowest BCUT2D eigenvalue weighted by Crippen LogP contribution is -2.35. The molecule has 0 radical (unpaired) electrons. The van der Waals surface area contributed by atoms with Gasteiger partial charge < -0.3 is 5.73 Å². The summed E-state index contributed by atoms with van der Waals surface area (Å²) in [4.78, 5) is 11.8. The maximum atomic E-state index is 11.8. The predicted molar refractivity (Wildman–Crippen MR) is 58.3 cm³/mol. The summed E-state index contributed by atoms with van der Waals surface area (Å²) in [5.74, 6) is 0.212. The summed E-state index contributed by atoms with van der Waals surface area (Å²) in [6, 6.07) is 7.14. The van der Waals surface area contributed by atoms with E-state index in [0.29, 0.717) is 5.56 Å². The van der Waals surface area contributed by atoms with Gasteiger partial charge in [0.2, 0.25) is 0 Å². The number of carbonyl (C=O) groups is 1. The first kappa shape index (κ1) is 10.9. The summed E-state index contributed by atoms with van der Waals surface area (Å²) in [5, 5.41) is 0. The number of carbonyl (C=O) groups excluding carboxylic acids is 1. The largest absolute Gasteiger partial charge is 0.321 e. The molecular formula is C12H17NO. The molecule has 1 atom stereocenters. The van der Waals surface area contributed by atoms with Gasteiger partial charge in [0, 0.05) is 5.56 Å². The smallest absolute Gasteiger partial charge is 0.179 e. The van der Waals surface area contributed by atoms with E-state index in [1.165, 1.54) is 0 Å². The Hall–Kier alpha value is -1.15. The van der Waals surface area contributed by atoms with Crippen molar-refractivity contribution in [1.29, 1.82) is 0 Å². The van der Waals surface area contributed by atoms with Gasteiger partial charge in [0.15, 0.2) is 5.78 Å². The molecule has 0 aliphatic heterocycles. The standard InChI is InChI=1S/C12H17NO/c1-8(2)11(13)12(14)10-6-4-9(3)5-7-10/h4-8,11H,13H2,1-3H3/t11-/m0/s1. The molecule has 1 aromatic rings. The van der Waals surface area contributed by atoms with Crippen LogP contribution in [0, 0.1) is 12.8 Å². The number of benzene rings is 1. The van der Waals surface area contributed by atoms with Crippen molar-refractivity contribution in [3.8, 4) is 0 Å². The molecule has 0 spiro atoms. The highest BCUT2D eigenvalue weighted by Gasteiger charge is 2.18. The van der Waals surface area contributed by atoms with E-state index in [1.807, 2.05) is 45.0 Å². The molecule has 0 aliphatic carbocycles. The second kappa shape index (κ2) is 4.38. The van der Waals surface area contributed by atoms with Crippen LogP contribution < -0.4 is 5.73 Å². The Morgan fingerprint density at radius 3 is 2.14 bits per heavy atom. The lowest BCUT2D eigenvalue weighted by Gasteiger charge is -2.14. The minimum absolute atomic E-state index is 0.0278. The van der Waals surface area contributed by atoms with Crippen LogP contribution in [0.1, 0.15) is 29.8 Å². The van der Waals surface area contributed by atoms with E-state index in [-0.39, 0.29) is 11.7 Å². The van der Waals surface area contributed by atoms with Gasteiger partial charge in [-0.2, -0.15) is 0 Å². The second-order valence-electron chi connectivity index (χ2n) is 4.00. The number of hydrogen-bond acceptors (Lipinski definition) is 2. The van der Waals surface area contributed by atoms with Gasteiger partial charge in [-0.25, -0.2) is 0 Å². The van der Waals surface area contributed by atoms with Crippen LogP contribution in [0.4, 0.5) is 0 Å². The van der Waals surface area contributed by atoms with Gasteiger partial charge in [-0.3, -0.25) is 4.79 Å². The monoisotopic (exact) mass is 191 g/mol. The fourth-order valence-corrected chi connectivity index (χ4v) is 1.21. The summed E-state index contributed by atoms with van der Waals surface area (Å²) < 4.78 is 0. The van der Waals surface area contributed by atoms with E-state index in [9.17, 15) is 4.79 Å². The van der Waals surface area contributed by atoms with Crippen molar-refractivity contribution in [3.05, 3.63) is 35.4 Å². The maximum Gasteiger partial charge on any atom is 0.179 e. The molecule has 0 bridgehead atoms. The van der Waals surface area contributed by atoms with Gasteiger partial charge >= 0.3 is 0 Å². The zero-order chi connectivity index (χ0) is 10.7. The Balaban J connectivity index is 2.84. The number of ketones is 1. The molecule has 0 fully saturated rings. The number of rotatable bonds is 3. The average Bonchev–Trinajstić information content (AvgIpc) is 2.16. The van der Waals surface area contributed by atoms with Gasteiger partial charge in [-0.1, -0.05) is 43.7 Å². The van der Waals surface area contributed by atoms with Crippen LogP contribution in [0.2, 0.25) is 0 Å². The van der Waals surface area contributed by atoms with Crippen molar-refractivity contribution in [3.63, 3.8) is 0 Å². The third-order valence-electron chi connectivity index (χ3n) is 2.36. The molecule has 0 saturated heterocycles. The van der Waals surface area contributed by atoms with E-state index in [1.54, 1.807) is 0 Å². The SMILES string of the molecule is Cc1ccc(C(=O)[C@@H](N)C(C)C)cc1. The molecule has 0 aromatic heterocycles. The zero-order valence-corrected chi connectivity index (χ0v) is 8.95. The molecule has 76 valence electrons. The topological polar surface area (TPSA) is 43.1 Å². The molecule has 1 rings (SSSR count). The molecule has 2 nitrogen and oxygen atoms in total. The first-order valence-electron chi connectivity index (χ1n) is 4.89. The molecule has 0 saturated carbocycles. The van der Waals surface area contributed by atoms with E-state index in [4.69, 9.17) is 5.73 Å². The Kier molecular flexibility index (Phi) is 3.42. The van der Waals surface area contributed by atoms with Crippen LogP contribution in [-0.4, -0.2) is 11.8 Å². The molecule has 1 aromatic carbocycles. The van der Waals surface area contributed by atoms with Crippen molar-refractivity contribution < 1.29 is 4.79 Å². The normalized spacial score (nSPS) is 12.9. The van der Waals surface area contributed by atoms with Gasteiger partial charge in [0.25, 0.3) is 0 Å². The van der Waals surface area contributed by atoms with Crippen LogP contribution in [0.25, 0.3) is 0 Å². The third kappa shape index (κ3) is 2.42. The fraction of sp³-hybridized carbons (Fsp3) is 0.417. The fourth-order valence-electron chi connectivity index (χ4n) is 1.21. The minimum atomic E-state index is -0.391. The number of nitrogens with two attached hydrogens (primary N) is 1. The Morgan fingerprint density at radius 1 is 1.21 bits per heavy atom. The second-order valence-corrected chi connectivity index (χ2v) is 4.00. The first-order chi connectivity index (χ1) is 6.52. The predicted octanol–water partition coefficient (Wildman–Crippen LogP) is 2.16. The quantitative estimate of drug-likeness (QED) is 0.744. The van der Waals surface area contributed by atoms with Crippen LogP contribution in [-0.2, 0) is 0 Å². The summed E-state index contributed by atoms with van der Waals surface area (Å²) in [6.07, 6.45) is 0. The number of hydrogen-bond donors (Lipinski definition) is 1. The van der Waals surface area contributed by atoms with E-state index < -0.39 is 6.04 Å². The average molecular weight is 191 g/mol. The molecule has 14 heavy (non-hydrogen) atoms.